The standard InChI is InChI=1S/C17H18O2S/c1-17(18)11-16(12-7-9-13(19-2)10-8-12)20-15-6-4-3-5-14(15)17/h3-10,16,18H,11H2,1-2H3/t16-,17-/m1/s1. The zero-order valence-electron chi connectivity index (χ0n) is 11.7. The van der Waals surface area contributed by atoms with Crippen molar-refractivity contribution in [3.8, 4) is 5.75 Å². The van der Waals surface area contributed by atoms with Crippen molar-refractivity contribution in [1.29, 1.82) is 0 Å². The fourth-order valence-electron chi connectivity index (χ4n) is 2.68. The normalized spacial score (nSPS) is 25.1. The lowest BCUT2D eigenvalue weighted by atomic mass is 9.88. The van der Waals surface area contributed by atoms with Gasteiger partial charge in [0.15, 0.2) is 0 Å². The maximum absolute atomic E-state index is 10.7. The predicted molar refractivity (Wildman–Crippen MR) is 82.2 cm³/mol. The van der Waals surface area contributed by atoms with Gasteiger partial charge >= 0.3 is 0 Å². The molecule has 1 aliphatic rings. The Balaban J connectivity index is 1.94. The Labute approximate surface area is 123 Å². The first-order valence-corrected chi connectivity index (χ1v) is 7.60. The maximum Gasteiger partial charge on any atom is 0.118 e. The summed E-state index contributed by atoms with van der Waals surface area (Å²) >= 11 is 1.83. The number of fused-ring (bicyclic) bond motifs is 1. The van der Waals surface area contributed by atoms with Crippen LogP contribution in [0.25, 0.3) is 0 Å². The Kier molecular flexibility index (Phi) is 3.48. The van der Waals surface area contributed by atoms with Gasteiger partial charge in [0.2, 0.25) is 0 Å². The van der Waals surface area contributed by atoms with Gasteiger partial charge in [0.05, 0.1) is 12.7 Å². The number of hydrogen-bond acceptors (Lipinski definition) is 3. The number of thioether (sulfide) groups is 1. The van der Waals surface area contributed by atoms with Crippen LogP contribution in [0.4, 0.5) is 0 Å². The minimum Gasteiger partial charge on any atom is -0.497 e. The molecule has 1 aliphatic heterocycles. The van der Waals surface area contributed by atoms with E-state index in [1.807, 2.05) is 49.0 Å². The lowest BCUT2D eigenvalue weighted by Crippen LogP contribution is -2.27. The second kappa shape index (κ2) is 5.15. The molecule has 0 saturated heterocycles. The third-order valence-electron chi connectivity index (χ3n) is 3.81. The molecule has 0 radical (unpaired) electrons. The summed E-state index contributed by atoms with van der Waals surface area (Å²) in [6, 6.07) is 16.2. The fraction of sp³-hybridized carbons (Fsp3) is 0.294. The summed E-state index contributed by atoms with van der Waals surface area (Å²) in [4.78, 5) is 1.17. The third kappa shape index (κ3) is 2.43. The Morgan fingerprint density at radius 3 is 2.55 bits per heavy atom. The van der Waals surface area contributed by atoms with Crippen LogP contribution in [0.2, 0.25) is 0 Å². The van der Waals surface area contributed by atoms with Crippen LogP contribution in [0, 0.1) is 0 Å². The lowest BCUT2D eigenvalue weighted by molar-refractivity contribution is 0.0421. The summed E-state index contributed by atoms with van der Waals surface area (Å²) < 4.78 is 5.20. The summed E-state index contributed by atoms with van der Waals surface area (Å²) in [5.41, 5.74) is 1.49. The highest BCUT2D eigenvalue weighted by atomic mass is 32.2. The van der Waals surface area contributed by atoms with Gasteiger partial charge in [-0.25, -0.2) is 0 Å². The molecule has 0 amide bonds. The maximum atomic E-state index is 10.7. The number of hydrogen-bond donors (Lipinski definition) is 1. The molecule has 0 aromatic heterocycles. The van der Waals surface area contributed by atoms with Crippen molar-refractivity contribution in [1.82, 2.24) is 0 Å². The van der Waals surface area contributed by atoms with Gasteiger partial charge < -0.3 is 9.84 Å². The van der Waals surface area contributed by atoms with Gasteiger partial charge in [-0.1, -0.05) is 30.3 Å². The minimum atomic E-state index is -0.771. The quantitative estimate of drug-likeness (QED) is 0.899. The molecule has 3 heteroatoms. The molecule has 2 aromatic carbocycles. The van der Waals surface area contributed by atoms with Crippen molar-refractivity contribution in [3.05, 3.63) is 59.7 Å². The monoisotopic (exact) mass is 286 g/mol. The van der Waals surface area contributed by atoms with Crippen LogP contribution in [0.3, 0.4) is 0 Å². The predicted octanol–water partition coefficient (Wildman–Crippen LogP) is 4.14. The van der Waals surface area contributed by atoms with Gasteiger partial charge in [0.25, 0.3) is 0 Å². The van der Waals surface area contributed by atoms with E-state index in [9.17, 15) is 5.11 Å². The molecule has 1 heterocycles. The molecule has 0 fully saturated rings. The Morgan fingerprint density at radius 1 is 1.15 bits per heavy atom. The van der Waals surface area contributed by atoms with Crippen molar-refractivity contribution in [2.75, 3.05) is 7.11 Å². The molecule has 0 aliphatic carbocycles. The van der Waals surface area contributed by atoms with Crippen molar-refractivity contribution < 1.29 is 9.84 Å². The molecule has 20 heavy (non-hydrogen) atoms. The van der Waals surface area contributed by atoms with E-state index in [0.717, 1.165) is 17.7 Å². The van der Waals surface area contributed by atoms with Gasteiger partial charge in [0, 0.05) is 10.1 Å². The van der Waals surface area contributed by atoms with E-state index >= 15 is 0 Å². The van der Waals surface area contributed by atoms with Crippen LogP contribution in [-0.4, -0.2) is 12.2 Å². The van der Waals surface area contributed by atoms with Crippen LogP contribution in [0.5, 0.6) is 5.75 Å². The van der Waals surface area contributed by atoms with Crippen LogP contribution in [-0.2, 0) is 5.60 Å². The van der Waals surface area contributed by atoms with E-state index in [4.69, 9.17) is 4.74 Å². The third-order valence-corrected chi connectivity index (χ3v) is 5.14. The fourth-order valence-corrected chi connectivity index (χ4v) is 4.26. The highest BCUT2D eigenvalue weighted by molar-refractivity contribution is 7.99. The molecular formula is C17H18O2S. The average molecular weight is 286 g/mol. The highest BCUT2D eigenvalue weighted by Gasteiger charge is 2.35. The number of ether oxygens (including phenoxy) is 1. The van der Waals surface area contributed by atoms with Gasteiger partial charge in [-0.3, -0.25) is 0 Å². The number of methoxy groups -OCH3 is 1. The first kappa shape index (κ1) is 13.5. The van der Waals surface area contributed by atoms with Crippen molar-refractivity contribution in [3.63, 3.8) is 0 Å². The van der Waals surface area contributed by atoms with E-state index in [2.05, 4.69) is 18.2 Å². The minimum absolute atomic E-state index is 0.269. The largest absolute Gasteiger partial charge is 0.497 e. The average Bonchev–Trinajstić information content (AvgIpc) is 2.47. The smallest absolute Gasteiger partial charge is 0.118 e. The van der Waals surface area contributed by atoms with Crippen LogP contribution >= 0.6 is 11.8 Å². The van der Waals surface area contributed by atoms with Gasteiger partial charge in [0.1, 0.15) is 5.75 Å². The highest BCUT2D eigenvalue weighted by Crippen LogP contribution is 2.51. The first-order chi connectivity index (χ1) is 9.60. The van der Waals surface area contributed by atoms with Crippen LogP contribution in [0.15, 0.2) is 53.4 Å². The number of rotatable bonds is 2. The van der Waals surface area contributed by atoms with Gasteiger partial charge in [-0.2, -0.15) is 0 Å². The summed E-state index contributed by atoms with van der Waals surface area (Å²) in [6.07, 6.45) is 0.723. The Morgan fingerprint density at radius 2 is 1.85 bits per heavy atom. The van der Waals surface area contributed by atoms with E-state index in [1.165, 1.54) is 10.5 Å². The molecule has 0 unspecified atom stereocenters. The first-order valence-electron chi connectivity index (χ1n) is 6.72. The van der Waals surface area contributed by atoms with E-state index < -0.39 is 5.60 Å². The van der Waals surface area contributed by atoms with Gasteiger partial charge in [-0.15, -0.1) is 11.8 Å². The van der Waals surface area contributed by atoms with Crippen LogP contribution in [0.1, 0.15) is 29.7 Å². The second-order valence-electron chi connectivity index (χ2n) is 5.35. The molecule has 1 N–H and O–H groups in total. The van der Waals surface area contributed by atoms with E-state index in [0.29, 0.717) is 0 Å². The molecule has 0 bridgehead atoms. The van der Waals surface area contributed by atoms with E-state index in [-0.39, 0.29) is 5.25 Å². The zero-order valence-corrected chi connectivity index (χ0v) is 12.5. The summed E-state index contributed by atoms with van der Waals surface area (Å²) in [5.74, 6) is 0.863. The lowest BCUT2D eigenvalue weighted by Gasteiger charge is -2.35. The van der Waals surface area contributed by atoms with Crippen molar-refractivity contribution >= 4 is 11.8 Å². The summed E-state index contributed by atoms with van der Waals surface area (Å²) in [7, 11) is 1.67. The Hall–Kier alpha value is -1.45. The second-order valence-corrected chi connectivity index (χ2v) is 6.60. The molecule has 2 atom stereocenters. The molecular weight excluding hydrogens is 268 g/mol. The van der Waals surface area contributed by atoms with Crippen LogP contribution < -0.4 is 4.74 Å². The summed E-state index contributed by atoms with van der Waals surface area (Å²) in [6.45, 7) is 1.90. The molecule has 104 valence electrons. The molecule has 3 rings (SSSR count). The number of aliphatic hydroxyl groups is 1. The van der Waals surface area contributed by atoms with Crippen molar-refractivity contribution in [2.45, 2.75) is 29.1 Å². The Bertz CT molecular complexity index is 605. The van der Waals surface area contributed by atoms with Gasteiger partial charge in [-0.05, 0) is 42.7 Å². The number of benzene rings is 2. The molecule has 0 saturated carbocycles. The molecule has 2 aromatic rings. The summed E-state index contributed by atoms with van der Waals surface area (Å²) in [5, 5.41) is 11.0. The molecule has 2 nitrogen and oxygen atoms in total. The zero-order chi connectivity index (χ0) is 14.2. The topological polar surface area (TPSA) is 29.5 Å². The van der Waals surface area contributed by atoms with E-state index in [1.54, 1.807) is 7.11 Å². The SMILES string of the molecule is COc1ccc([C@H]2C[C@@](C)(O)c3ccccc3S2)cc1. The van der Waals surface area contributed by atoms with Crippen molar-refractivity contribution in [2.24, 2.45) is 0 Å². The molecule has 0 spiro atoms.